The molecule has 0 saturated carbocycles. The number of pyridine rings is 2. The number of rotatable bonds is 3. The fourth-order valence-corrected chi connectivity index (χ4v) is 3.61. The van der Waals surface area contributed by atoms with Crippen LogP contribution in [0.4, 0.5) is 0 Å². The Labute approximate surface area is 137 Å². The number of aryl methyl sites for hydroxylation is 1. The van der Waals surface area contributed by atoms with Gasteiger partial charge in [0.25, 0.3) is 5.56 Å². The maximum atomic E-state index is 12.0. The van der Waals surface area contributed by atoms with Crippen LogP contribution in [0.2, 0.25) is 5.15 Å². The molecule has 3 rings (SSSR count). The first-order chi connectivity index (χ1) is 10.8. The number of halogens is 1. The van der Waals surface area contributed by atoms with E-state index in [0.29, 0.717) is 16.6 Å². The number of hydrogen-bond donors (Lipinski definition) is 1. The number of hydrogen-bond acceptors (Lipinski definition) is 4. The number of nitrogens with one attached hydrogen (secondary N) is 1. The maximum Gasteiger partial charge on any atom is 0.272 e. The van der Waals surface area contributed by atoms with Gasteiger partial charge in [-0.15, -0.1) is 0 Å². The summed E-state index contributed by atoms with van der Waals surface area (Å²) < 4.78 is 24.7. The largest absolute Gasteiger partial charge is 0.345 e. The van der Waals surface area contributed by atoms with E-state index in [2.05, 4.69) is 9.97 Å². The van der Waals surface area contributed by atoms with E-state index in [9.17, 15) is 13.2 Å². The average molecular weight is 352 g/mol. The average Bonchev–Trinajstić information content (AvgIpc) is 2.78. The number of aromatic amines is 1. The molecule has 3 heterocycles. The van der Waals surface area contributed by atoms with Gasteiger partial charge < -0.3 is 9.55 Å². The molecule has 23 heavy (non-hydrogen) atoms. The van der Waals surface area contributed by atoms with Gasteiger partial charge in [0.1, 0.15) is 10.7 Å². The lowest BCUT2D eigenvalue weighted by molar-refractivity contribution is 0.601. The Morgan fingerprint density at radius 1 is 1.35 bits per heavy atom. The smallest absolute Gasteiger partial charge is 0.272 e. The third-order valence-corrected chi connectivity index (χ3v) is 4.67. The summed E-state index contributed by atoms with van der Waals surface area (Å²) in [5.41, 5.74) is 2.21. The summed E-state index contributed by atoms with van der Waals surface area (Å²) in [7, 11) is -1.41. The topological polar surface area (TPSA) is 84.8 Å². The zero-order valence-electron chi connectivity index (χ0n) is 12.5. The predicted octanol–water partition coefficient (Wildman–Crippen LogP) is 2.13. The van der Waals surface area contributed by atoms with Gasteiger partial charge in [0.15, 0.2) is 9.84 Å². The van der Waals surface area contributed by atoms with E-state index in [1.54, 1.807) is 36.1 Å². The molecule has 0 spiro atoms. The quantitative estimate of drug-likeness (QED) is 0.732. The van der Waals surface area contributed by atoms with E-state index in [4.69, 9.17) is 11.6 Å². The minimum Gasteiger partial charge on any atom is -0.345 e. The van der Waals surface area contributed by atoms with Crippen LogP contribution < -0.4 is 5.56 Å². The first kappa shape index (κ1) is 15.8. The van der Waals surface area contributed by atoms with Crippen molar-refractivity contribution in [2.24, 2.45) is 7.05 Å². The minimum absolute atomic E-state index is 0.116. The molecule has 120 valence electrons. The van der Waals surface area contributed by atoms with Crippen molar-refractivity contribution >= 4 is 32.3 Å². The normalized spacial score (nSPS) is 12.0. The minimum atomic E-state index is -3.18. The van der Waals surface area contributed by atoms with Gasteiger partial charge in [-0.05, 0) is 17.7 Å². The number of sulfone groups is 1. The molecule has 0 bridgehead atoms. The second kappa shape index (κ2) is 5.50. The van der Waals surface area contributed by atoms with Crippen LogP contribution in [-0.2, 0) is 22.6 Å². The van der Waals surface area contributed by atoms with E-state index in [-0.39, 0.29) is 16.5 Å². The molecular weight excluding hydrogens is 338 g/mol. The molecule has 0 fully saturated rings. The molecule has 1 N–H and O–H groups in total. The molecule has 0 radical (unpaired) electrons. The summed E-state index contributed by atoms with van der Waals surface area (Å²) in [6.45, 7) is 0. The molecule has 0 aliphatic carbocycles. The van der Waals surface area contributed by atoms with Crippen LogP contribution in [0, 0.1) is 0 Å². The van der Waals surface area contributed by atoms with Crippen molar-refractivity contribution in [1.82, 2.24) is 14.5 Å². The first-order valence-electron chi connectivity index (χ1n) is 6.75. The van der Waals surface area contributed by atoms with E-state index >= 15 is 0 Å². The van der Waals surface area contributed by atoms with Crippen molar-refractivity contribution in [2.45, 2.75) is 5.75 Å². The van der Waals surface area contributed by atoms with Crippen LogP contribution in [0.5, 0.6) is 0 Å². The SMILES string of the molecule is Cn1cc(-c2cc(CS(C)(=O)=O)cnc2Cl)c2cc[nH]c(=O)c21. The molecule has 0 unspecified atom stereocenters. The van der Waals surface area contributed by atoms with Crippen molar-refractivity contribution in [3.8, 4) is 11.1 Å². The molecule has 0 saturated heterocycles. The molecule has 3 aromatic heterocycles. The van der Waals surface area contributed by atoms with E-state index in [0.717, 1.165) is 10.9 Å². The van der Waals surface area contributed by atoms with Gasteiger partial charge in [-0.25, -0.2) is 13.4 Å². The van der Waals surface area contributed by atoms with E-state index in [1.165, 1.54) is 12.5 Å². The summed E-state index contributed by atoms with van der Waals surface area (Å²) in [6, 6.07) is 3.48. The van der Waals surface area contributed by atoms with Crippen molar-refractivity contribution in [1.29, 1.82) is 0 Å². The van der Waals surface area contributed by atoms with Gasteiger partial charge in [0, 0.05) is 48.4 Å². The van der Waals surface area contributed by atoms with Crippen molar-refractivity contribution < 1.29 is 8.42 Å². The van der Waals surface area contributed by atoms with Crippen LogP contribution >= 0.6 is 11.6 Å². The molecule has 6 nitrogen and oxygen atoms in total. The van der Waals surface area contributed by atoms with Gasteiger partial charge >= 0.3 is 0 Å². The van der Waals surface area contributed by atoms with E-state index in [1.807, 2.05) is 0 Å². The molecule has 0 amide bonds. The van der Waals surface area contributed by atoms with Crippen molar-refractivity contribution in [3.63, 3.8) is 0 Å². The molecule has 0 aliphatic heterocycles. The van der Waals surface area contributed by atoms with Crippen LogP contribution in [0.15, 0.2) is 35.5 Å². The van der Waals surface area contributed by atoms with Gasteiger partial charge in [0.2, 0.25) is 0 Å². The maximum absolute atomic E-state index is 12.0. The van der Waals surface area contributed by atoms with Gasteiger partial charge in [0.05, 0.1) is 5.75 Å². The third-order valence-electron chi connectivity index (χ3n) is 3.51. The molecule has 3 aromatic rings. The Bertz CT molecular complexity index is 1070. The number of aromatic nitrogens is 3. The Hall–Kier alpha value is -2.12. The Balaban J connectivity index is 2.25. The molecule has 0 aliphatic rings. The Morgan fingerprint density at radius 2 is 2.09 bits per heavy atom. The highest BCUT2D eigenvalue weighted by molar-refractivity contribution is 7.89. The van der Waals surface area contributed by atoms with Gasteiger partial charge in [-0.1, -0.05) is 11.6 Å². The van der Waals surface area contributed by atoms with Crippen LogP contribution in [-0.4, -0.2) is 29.2 Å². The summed E-state index contributed by atoms with van der Waals surface area (Å²) in [5, 5.41) is 0.992. The van der Waals surface area contributed by atoms with Crippen LogP contribution in [0.1, 0.15) is 5.56 Å². The lowest BCUT2D eigenvalue weighted by Gasteiger charge is -2.06. The number of nitrogens with zero attached hydrogens (tertiary/aromatic N) is 2. The fourth-order valence-electron chi connectivity index (χ4n) is 2.64. The lowest BCUT2D eigenvalue weighted by atomic mass is 10.1. The monoisotopic (exact) mass is 351 g/mol. The second-order valence-corrected chi connectivity index (χ2v) is 7.97. The predicted molar refractivity (Wildman–Crippen MR) is 90.3 cm³/mol. The lowest BCUT2D eigenvalue weighted by Crippen LogP contribution is -2.07. The number of fused-ring (bicyclic) bond motifs is 1. The second-order valence-electron chi connectivity index (χ2n) is 5.47. The highest BCUT2D eigenvalue weighted by atomic mass is 35.5. The highest BCUT2D eigenvalue weighted by Gasteiger charge is 2.16. The summed E-state index contributed by atoms with van der Waals surface area (Å²) in [6.07, 6.45) is 5.96. The number of H-pyrrole nitrogens is 1. The Morgan fingerprint density at radius 3 is 2.78 bits per heavy atom. The zero-order chi connectivity index (χ0) is 16.8. The zero-order valence-corrected chi connectivity index (χ0v) is 14.1. The van der Waals surface area contributed by atoms with Crippen LogP contribution in [0.3, 0.4) is 0 Å². The standard InChI is InChI=1S/C15H14ClN3O3S/c1-19-7-12(10-3-4-17-15(20)13(10)19)11-5-9(6-18-14(11)16)8-23(2,21)22/h3-7H,8H2,1-2H3,(H,17,20). The summed E-state index contributed by atoms with van der Waals surface area (Å²) in [5.74, 6) is -0.116. The van der Waals surface area contributed by atoms with E-state index < -0.39 is 9.84 Å². The first-order valence-corrected chi connectivity index (χ1v) is 9.19. The summed E-state index contributed by atoms with van der Waals surface area (Å²) >= 11 is 6.20. The van der Waals surface area contributed by atoms with Crippen molar-refractivity contribution in [2.75, 3.05) is 6.26 Å². The molecule has 0 atom stereocenters. The van der Waals surface area contributed by atoms with Gasteiger partial charge in [-0.3, -0.25) is 4.79 Å². The van der Waals surface area contributed by atoms with Crippen LogP contribution in [0.25, 0.3) is 22.0 Å². The highest BCUT2D eigenvalue weighted by Crippen LogP contribution is 2.33. The summed E-state index contributed by atoms with van der Waals surface area (Å²) in [4.78, 5) is 18.7. The fraction of sp³-hybridized carbons (Fsp3) is 0.200. The third kappa shape index (κ3) is 3.02. The molecular formula is C15H14ClN3O3S. The van der Waals surface area contributed by atoms with Crippen molar-refractivity contribution in [3.05, 3.63) is 51.8 Å². The molecule has 8 heteroatoms. The molecule has 0 aromatic carbocycles. The van der Waals surface area contributed by atoms with Gasteiger partial charge in [-0.2, -0.15) is 0 Å². The Kier molecular flexibility index (Phi) is 3.77.